The summed E-state index contributed by atoms with van der Waals surface area (Å²) in [5.74, 6) is -0.538. The van der Waals surface area contributed by atoms with E-state index in [4.69, 9.17) is 5.11 Å². The molecule has 1 rings (SSSR count). The molecule has 0 saturated carbocycles. The van der Waals surface area contributed by atoms with Crippen LogP contribution in [0.3, 0.4) is 0 Å². The zero-order valence-electron chi connectivity index (χ0n) is 9.23. The van der Waals surface area contributed by atoms with E-state index in [1.54, 1.807) is 0 Å². The minimum absolute atomic E-state index is 0.187. The van der Waals surface area contributed by atoms with Crippen LogP contribution in [0, 0.1) is 5.92 Å². The standard InChI is InChI=1S/C11H18N2O2/c1-9(5-11(14)15)7-13(2)8-10-3-4-12-6-10/h3-4,6,9,12H,5,7-8H2,1-2H3,(H,14,15). The van der Waals surface area contributed by atoms with Crippen molar-refractivity contribution in [2.45, 2.75) is 19.9 Å². The Bertz CT molecular complexity index is 296. The number of rotatable bonds is 6. The number of aromatic nitrogens is 1. The Morgan fingerprint density at radius 3 is 2.93 bits per heavy atom. The lowest BCUT2D eigenvalue weighted by atomic mass is 10.1. The molecule has 1 aromatic rings. The van der Waals surface area contributed by atoms with Crippen LogP contribution in [0.4, 0.5) is 0 Å². The minimum Gasteiger partial charge on any atom is -0.481 e. The first kappa shape index (κ1) is 11.8. The average Bonchev–Trinajstić information content (AvgIpc) is 2.53. The van der Waals surface area contributed by atoms with E-state index < -0.39 is 5.97 Å². The molecule has 2 N–H and O–H groups in total. The molecule has 0 fully saturated rings. The lowest BCUT2D eigenvalue weighted by molar-refractivity contribution is -0.138. The van der Waals surface area contributed by atoms with Gasteiger partial charge in [-0.2, -0.15) is 0 Å². The second-order valence-corrected chi connectivity index (χ2v) is 4.12. The fourth-order valence-electron chi connectivity index (χ4n) is 1.73. The molecule has 0 bridgehead atoms. The summed E-state index contributed by atoms with van der Waals surface area (Å²) in [6.45, 7) is 3.62. The van der Waals surface area contributed by atoms with Crippen LogP contribution in [0.25, 0.3) is 0 Å². The molecule has 0 aliphatic rings. The second-order valence-electron chi connectivity index (χ2n) is 4.12. The molecule has 0 spiro atoms. The number of carboxylic acids is 1. The van der Waals surface area contributed by atoms with Crippen LogP contribution < -0.4 is 0 Å². The van der Waals surface area contributed by atoms with Gasteiger partial charge in [-0.1, -0.05) is 6.92 Å². The van der Waals surface area contributed by atoms with E-state index in [1.165, 1.54) is 5.56 Å². The Morgan fingerprint density at radius 1 is 1.67 bits per heavy atom. The number of hydrogen-bond acceptors (Lipinski definition) is 2. The van der Waals surface area contributed by atoms with Gasteiger partial charge in [0.2, 0.25) is 0 Å². The van der Waals surface area contributed by atoms with Gasteiger partial charge in [0.1, 0.15) is 0 Å². The van der Waals surface area contributed by atoms with Crippen LogP contribution in [0.2, 0.25) is 0 Å². The average molecular weight is 210 g/mol. The smallest absolute Gasteiger partial charge is 0.303 e. The molecule has 0 radical (unpaired) electrons. The Kier molecular flexibility index (Phi) is 4.37. The van der Waals surface area contributed by atoms with Gasteiger partial charge in [0.15, 0.2) is 0 Å². The quantitative estimate of drug-likeness (QED) is 0.749. The van der Waals surface area contributed by atoms with Gasteiger partial charge < -0.3 is 15.0 Å². The van der Waals surface area contributed by atoms with Crippen molar-refractivity contribution in [1.82, 2.24) is 9.88 Å². The maximum absolute atomic E-state index is 10.5. The zero-order valence-corrected chi connectivity index (χ0v) is 9.23. The highest BCUT2D eigenvalue weighted by Gasteiger charge is 2.10. The Hall–Kier alpha value is -1.29. The molecule has 4 heteroatoms. The Morgan fingerprint density at radius 2 is 2.40 bits per heavy atom. The maximum Gasteiger partial charge on any atom is 0.303 e. The lowest BCUT2D eigenvalue weighted by Gasteiger charge is -2.19. The third-order valence-corrected chi connectivity index (χ3v) is 2.26. The van der Waals surface area contributed by atoms with Gasteiger partial charge >= 0.3 is 5.97 Å². The van der Waals surface area contributed by atoms with Gasteiger partial charge in [0, 0.05) is 31.9 Å². The number of H-pyrrole nitrogens is 1. The number of nitrogens with one attached hydrogen (secondary N) is 1. The highest BCUT2D eigenvalue weighted by atomic mass is 16.4. The van der Waals surface area contributed by atoms with Crippen LogP contribution >= 0.6 is 0 Å². The molecule has 0 saturated heterocycles. The van der Waals surface area contributed by atoms with Crippen molar-refractivity contribution in [2.24, 2.45) is 5.92 Å². The largest absolute Gasteiger partial charge is 0.481 e. The zero-order chi connectivity index (χ0) is 11.3. The monoisotopic (exact) mass is 210 g/mol. The predicted molar refractivity (Wildman–Crippen MR) is 58.5 cm³/mol. The Balaban J connectivity index is 2.29. The summed E-state index contributed by atoms with van der Waals surface area (Å²) in [6, 6.07) is 2.03. The van der Waals surface area contributed by atoms with Crippen molar-refractivity contribution in [3.8, 4) is 0 Å². The van der Waals surface area contributed by atoms with Crippen molar-refractivity contribution >= 4 is 5.97 Å². The van der Waals surface area contributed by atoms with Crippen molar-refractivity contribution in [3.05, 3.63) is 24.0 Å². The Labute approximate surface area is 89.9 Å². The molecule has 0 aromatic carbocycles. The number of aliphatic carboxylic acids is 1. The van der Waals surface area contributed by atoms with E-state index in [1.807, 2.05) is 32.4 Å². The van der Waals surface area contributed by atoms with Gasteiger partial charge in [0.25, 0.3) is 0 Å². The summed E-state index contributed by atoms with van der Waals surface area (Å²) in [4.78, 5) is 15.6. The topological polar surface area (TPSA) is 56.3 Å². The third-order valence-electron chi connectivity index (χ3n) is 2.26. The number of nitrogens with zero attached hydrogens (tertiary/aromatic N) is 1. The molecular weight excluding hydrogens is 192 g/mol. The summed E-state index contributed by atoms with van der Waals surface area (Å²) in [7, 11) is 2.01. The number of aromatic amines is 1. The van der Waals surface area contributed by atoms with Crippen molar-refractivity contribution in [3.63, 3.8) is 0 Å². The molecule has 0 aliphatic carbocycles. The molecule has 0 amide bonds. The van der Waals surface area contributed by atoms with Crippen molar-refractivity contribution in [2.75, 3.05) is 13.6 Å². The first-order valence-electron chi connectivity index (χ1n) is 5.10. The molecule has 15 heavy (non-hydrogen) atoms. The fraction of sp³-hybridized carbons (Fsp3) is 0.545. The summed E-state index contributed by atoms with van der Waals surface area (Å²) in [5, 5.41) is 8.63. The first-order chi connectivity index (χ1) is 7.08. The fourth-order valence-corrected chi connectivity index (χ4v) is 1.73. The molecule has 1 unspecified atom stereocenters. The highest BCUT2D eigenvalue weighted by molar-refractivity contribution is 5.66. The molecular formula is C11H18N2O2. The predicted octanol–water partition coefficient (Wildman–Crippen LogP) is 1.56. The second kappa shape index (κ2) is 5.56. The molecule has 4 nitrogen and oxygen atoms in total. The van der Waals surface area contributed by atoms with E-state index in [0.29, 0.717) is 0 Å². The van der Waals surface area contributed by atoms with E-state index in [2.05, 4.69) is 9.88 Å². The molecule has 0 aliphatic heterocycles. The molecule has 1 heterocycles. The summed E-state index contributed by atoms with van der Waals surface area (Å²) in [5.41, 5.74) is 1.22. The molecule has 1 atom stereocenters. The van der Waals surface area contributed by atoms with Gasteiger partial charge in [-0.15, -0.1) is 0 Å². The van der Waals surface area contributed by atoms with Crippen LogP contribution in [0.5, 0.6) is 0 Å². The van der Waals surface area contributed by atoms with Crippen LogP contribution in [-0.4, -0.2) is 34.6 Å². The van der Waals surface area contributed by atoms with Crippen molar-refractivity contribution < 1.29 is 9.90 Å². The van der Waals surface area contributed by atoms with E-state index in [9.17, 15) is 4.79 Å². The highest BCUT2D eigenvalue weighted by Crippen LogP contribution is 2.07. The van der Waals surface area contributed by atoms with Gasteiger partial charge in [-0.05, 0) is 24.6 Å². The SMILES string of the molecule is CC(CC(=O)O)CN(C)Cc1cc[nH]c1. The van der Waals surface area contributed by atoms with Crippen LogP contribution in [0.1, 0.15) is 18.9 Å². The van der Waals surface area contributed by atoms with Crippen LogP contribution in [0.15, 0.2) is 18.5 Å². The minimum atomic E-state index is -0.724. The van der Waals surface area contributed by atoms with E-state index >= 15 is 0 Å². The first-order valence-corrected chi connectivity index (χ1v) is 5.10. The molecule has 1 aromatic heterocycles. The maximum atomic E-state index is 10.5. The number of carbonyl (C=O) groups is 1. The van der Waals surface area contributed by atoms with Gasteiger partial charge in [-0.3, -0.25) is 4.79 Å². The van der Waals surface area contributed by atoms with Crippen LogP contribution in [-0.2, 0) is 11.3 Å². The van der Waals surface area contributed by atoms with E-state index in [-0.39, 0.29) is 12.3 Å². The molecule has 84 valence electrons. The summed E-state index contributed by atoms with van der Waals surface area (Å²) in [6.07, 6.45) is 4.08. The normalized spacial score (nSPS) is 13.0. The van der Waals surface area contributed by atoms with Gasteiger partial charge in [-0.25, -0.2) is 0 Å². The van der Waals surface area contributed by atoms with Crippen molar-refractivity contribution in [1.29, 1.82) is 0 Å². The summed E-state index contributed by atoms with van der Waals surface area (Å²) < 4.78 is 0. The number of hydrogen-bond donors (Lipinski definition) is 2. The number of carboxylic acid groups (broad SMARTS) is 1. The van der Waals surface area contributed by atoms with E-state index in [0.717, 1.165) is 13.1 Å². The summed E-state index contributed by atoms with van der Waals surface area (Å²) >= 11 is 0. The third kappa shape index (κ3) is 4.65. The lowest BCUT2D eigenvalue weighted by Crippen LogP contribution is -2.25. The van der Waals surface area contributed by atoms with Gasteiger partial charge in [0.05, 0.1) is 0 Å².